The van der Waals surface area contributed by atoms with Crippen molar-refractivity contribution in [3.05, 3.63) is 66.5 Å². The number of nitrogen functional groups attached to an aromatic ring is 1. The van der Waals surface area contributed by atoms with E-state index in [0.29, 0.717) is 16.9 Å². The third kappa shape index (κ3) is 5.56. The van der Waals surface area contributed by atoms with Gasteiger partial charge in [-0.05, 0) is 42.0 Å². The Bertz CT molecular complexity index is 1060. The van der Waals surface area contributed by atoms with Crippen molar-refractivity contribution in [1.82, 2.24) is 10.2 Å². The lowest BCUT2D eigenvalue weighted by Crippen LogP contribution is -2.39. The Morgan fingerprint density at radius 3 is 2.38 bits per heavy atom. The highest BCUT2D eigenvalue weighted by molar-refractivity contribution is 6.01. The van der Waals surface area contributed by atoms with Crippen LogP contribution in [-0.2, 0) is 9.59 Å². The van der Waals surface area contributed by atoms with Gasteiger partial charge in [0.15, 0.2) is 0 Å². The minimum atomic E-state index is -1.58. The van der Waals surface area contributed by atoms with E-state index in [1.165, 1.54) is 4.90 Å². The summed E-state index contributed by atoms with van der Waals surface area (Å²) in [6.45, 7) is -0.259. The molecule has 10 nitrogen and oxygen atoms in total. The van der Waals surface area contributed by atoms with E-state index in [1.54, 1.807) is 48.8 Å². The second-order valence-corrected chi connectivity index (χ2v) is 7.00. The Hall–Kier alpha value is -4.02. The number of carbonyl (C=O) groups is 2. The average Bonchev–Trinajstić information content (AvgIpc) is 3.33. The molecule has 0 fully saturated rings. The van der Waals surface area contributed by atoms with Gasteiger partial charge in [-0.15, -0.1) is 0 Å². The molecule has 0 spiro atoms. The molecule has 1 atom stereocenters. The molecule has 1 aromatic heterocycles. The van der Waals surface area contributed by atoms with Crippen molar-refractivity contribution >= 4 is 29.0 Å². The number of carbonyl (C=O) groups excluding carboxylic acids is 2. The molecule has 2 amide bonds. The maximum atomic E-state index is 12.8. The molecule has 0 bridgehead atoms. The average molecular weight is 436 g/mol. The highest BCUT2D eigenvalue weighted by Crippen LogP contribution is 2.23. The summed E-state index contributed by atoms with van der Waals surface area (Å²) in [5.41, 5.74) is 8.61. The lowest BCUT2D eigenvalue weighted by atomic mass is 10.1. The van der Waals surface area contributed by atoms with Crippen LogP contribution in [0.5, 0.6) is 0 Å². The first-order chi connectivity index (χ1) is 15.4. The van der Waals surface area contributed by atoms with E-state index >= 15 is 0 Å². The topological polar surface area (TPSA) is 168 Å². The molecule has 10 heteroatoms. The molecule has 166 valence electrons. The highest BCUT2D eigenvalue weighted by atomic mass is 16.3. The van der Waals surface area contributed by atoms with Crippen LogP contribution in [0.15, 0.2) is 60.9 Å². The maximum absolute atomic E-state index is 12.8. The number of hydrogen-bond donors (Lipinski definition) is 6. The van der Waals surface area contributed by atoms with Crippen LogP contribution in [-0.4, -0.2) is 57.3 Å². The largest absolute Gasteiger partial charge is 0.395 e. The Balaban J connectivity index is 1.64. The van der Waals surface area contributed by atoms with Crippen molar-refractivity contribution in [1.29, 1.82) is 5.41 Å². The van der Waals surface area contributed by atoms with Gasteiger partial charge < -0.3 is 26.2 Å². The number of rotatable bonds is 9. The van der Waals surface area contributed by atoms with Crippen molar-refractivity contribution in [3.8, 4) is 11.1 Å². The summed E-state index contributed by atoms with van der Waals surface area (Å²) in [5, 5.41) is 36.1. The summed E-state index contributed by atoms with van der Waals surface area (Å²) < 4.78 is 0. The zero-order chi connectivity index (χ0) is 23.1. The van der Waals surface area contributed by atoms with E-state index in [0.717, 1.165) is 11.1 Å². The number of amides is 2. The predicted octanol–water partition coefficient (Wildman–Crippen LogP) is 1.08. The van der Waals surface area contributed by atoms with E-state index < -0.39 is 24.3 Å². The van der Waals surface area contributed by atoms with Crippen LogP contribution in [0.2, 0.25) is 0 Å². The van der Waals surface area contributed by atoms with Crippen LogP contribution in [0.4, 0.5) is 11.4 Å². The van der Waals surface area contributed by atoms with E-state index in [4.69, 9.17) is 11.1 Å². The summed E-state index contributed by atoms with van der Waals surface area (Å²) in [6, 6.07) is 13.3. The van der Waals surface area contributed by atoms with Gasteiger partial charge in [0.1, 0.15) is 11.9 Å². The maximum Gasteiger partial charge on any atom is 0.253 e. The summed E-state index contributed by atoms with van der Waals surface area (Å²) >= 11 is 0. The molecular formula is C22H24N6O4. The first kappa shape index (κ1) is 22.7. The monoisotopic (exact) mass is 436 g/mol. The Kier molecular flexibility index (Phi) is 7.32. The fourth-order valence-electron chi connectivity index (χ4n) is 3.07. The number of aliphatic hydroxyl groups is 2. The fourth-order valence-corrected chi connectivity index (χ4v) is 3.07. The van der Waals surface area contributed by atoms with Crippen LogP contribution < -0.4 is 16.0 Å². The fraction of sp³-hybridized carbons (Fsp3) is 0.182. The van der Waals surface area contributed by atoms with Crippen LogP contribution in [0.3, 0.4) is 0 Å². The molecule has 0 aliphatic carbocycles. The third-order valence-electron chi connectivity index (χ3n) is 4.77. The number of aliphatic hydroxyl groups excluding tert-OH is 2. The van der Waals surface area contributed by atoms with Crippen LogP contribution in [0.1, 0.15) is 12.0 Å². The molecule has 32 heavy (non-hydrogen) atoms. The standard InChI is InChI=1S/C22H24N6O4/c23-21(24)15-1-5-17(6-2-15)27-22(32)19(30)11-20(31)28(9-10-29)18-7-3-14(4-8-18)16-12-25-26-13-16/h1-8,12-13,19,29-30H,9-11H2,(H3,23,24)(H,25,26)(H,27,32). The SMILES string of the molecule is N=C(N)c1ccc(NC(=O)C(O)CC(=O)N(CCO)c2ccc(-c3cn[nH]c3)cc2)cc1. The molecule has 3 rings (SSSR count). The van der Waals surface area contributed by atoms with Crippen molar-refractivity contribution < 1.29 is 19.8 Å². The molecule has 0 aliphatic heterocycles. The minimum absolute atomic E-state index is 0.0186. The van der Waals surface area contributed by atoms with E-state index in [2.05, 4.69) is 15.5 Å². The first-order valence-corrected chi connectivity index (χ1v) is 9.83. The Morgan fingerprint density at radius 1 is 1.12 bits per heavy atom. The van der Waals surface area contributed by atoms with Crippen molar-refractivity contribution in [2.24, 2.45) is 5.73 Å². The summed E-state index contributed by atoms with van der Waals surface area (Å²) in [4.78, 5) is 26.4. The normalized spacial score (nSPS) is 11.6. The minimum Gasteiger partial charge on any atom is -0.395 e. The second kappa shape index (κ2) is 10.3. The summed E-state index contributed by atoms with van der Waals surface area (Å²) in [5.74, 6) is -1.35. The molecule has 0 saturated carbocycles. The van der Waals surface area contributed by atoms with E-state index in [9.17, 15) is 19.8 Å². The third-order valence-corrected chi connectivity index (χ3v) is 4.77. The number of aromatic nitrogens is 2. The number of nitrogens with two attached hydrogens (primary N) is 1. The van der Waals surface area contributed by atoms with Gasteiger partial charge in [-0.2, -0.15) is 5.10 Å². The van der Waals surface area contributed by atoms with Gasteiger partial charge in [0, 0.05) is 35.2 Å². The van der Waals surface area contributed by atoms with E-state index in [1.807, 2.05) is 12.1 Å². The van der Waals surface area contributed by atoms with Gasteiger partial charge in [0.25, 0.3) is 5.91 Å². The molecular weight excluding hydrogens is 412 g/mol. The zero-order valence-electron chi connectivity index (χ0n) is 17.2. The van der Waals surface area contributed by atoms with Gasteiger partial charge in [0.05, 0.1) is 19.2 Å². The molecule has 3 aromatic rings. The van der Waals surface area contributed by atoms with Crippen molar-refractivity contribution in [2.45, 2.75) is 12.5 Å². The lowest BCUT2D eigenvalue weighted by molar-refractivity contribution is -0.129. The summed E-state index contributed by atoms with van der Waals surface area (Å²) in [7, 11) is 0. The second-order valence-electron chi connectivity index (χ2n) is 7.00. The molecule has 7 N–H and O–H groups in total. The molecule has 2 aromatic carbocycles. The van der Waals surface area contributed by atoms with Crippen molar-refractivity contribution in [3.63, 3.8) is 0 Å². The quantitative estimate of drug-likeness (QED) is 0.217. The van der Waals surface area contributed by atoms with Gasteiger partial charge in [0.2, 0.25) is 5.91 Å². The predicted molar refractivity (Wildman–Crippen MR) is 120 cm³/mol. The van der Waals surface area contributed by atoms with Gasteiger partial charge in [-0.25, -0.2) is 0 Å². The van der Waals surface area contributed by atoms with Crippen LogP contribution in [0.25, 0.3) is 11.1 Å². The zero-order valence-corrected chi connectivity index (χ0v) is 17.2. The lowest BCUT2D eigenvalue weighted by Gasteiger charge is -2.23. The van der Waals surface area contributed by atoms with Crippen molar-refractivity contribution in [2.75, 3.05) is 23.4 Å². The highest BCUT2D eigenvalue weighted by Gasteiger charge is 2.24. The number of nitrogens with zero attached hydrogens (tertiary/aromatic N) is 2. The number of anilines is 2. The summed E-state index contributed by atoms with van der Waals surface area (Å²) in [6.07, 6.45) is 1.38. The van der Waals surface area contributed by atoms with E-state index in [-0.39, 0.29) is 19.0 Å². The number of H-pyrrole nitrogens is 1. The number of hydrogen-bond acceptors (Lipinski definition) is 6. The number of aromatic amines is 1. The van der Waals surface area contributed by atoms with Gasteiger partial charge in [-0.3, -0.25) is 20.1 Å². The number of benzene rings is 2. The first-order valence-electron chi connectivity index (χ1n) is 9.83. The van der Waals surface area contributed by atoms with Crippen LogP contribution >= 0.6 is 0 Å². The Morgan fingerprint density at radius 2 is 1.81 bits per heavy atom. The molecule has 1 heterocycles. The van der Waals surface area contributed by atoms with Gasteiger partial charge in [-0.1, -0.05) is 12.1 Å². The molecule has 1 unspecified atom stereocenters. The Labute approximate surface area is 184 Å². The number of amidine groups is 1. The molecule has 0 saturated heterocycles. The van der Waals surface area contributed by atoms with Gasteiger partial charge >= 0.3 is 0 Å². The van der Waals surface area contributed by atoms with Crippen LogP contribution in [0, 0.1) is 5.41 Å². The molecule has 0 aliphatic rings. The number of nitrogens with one attached hydrogen (secondary N) is 3. The smallest absolute Gasteiger partial charge is 0.253 e. The molecule has 0 radical (unpaired) electrons.